The summed E-state index contributed by atoms with van der Waals surface area (Å²) in [7, 11) is 0. The maximum absolute atomic E-state index is 13.6. The van der Waals surface area contributed by atoms with Gasteiger partial charge in [-0.15, -0.1) is 0 Å². The number of likely N-dealkylation sites (tertiary alicyclic amines) is 2. The summed E-state index contributed by atoms with van der Waals surface area (Å²) in [4.78, 5) is 28.2. The molecule has 0 unspecified atom stereocenters. The molecule has 0 bridgehead atoms. The number of nitrogens with two attached hydrogens (primary N) is 1. The first-order valence-electron chi connectivity index (χ1n) is 8.86. The Morgan fingerprint density at radius 2 is 2.12 bits per heavy atom. The first-order valence-corrected chi connectivity index (χ1v) is 8.86. The Hall–Kier alpha value is -2.15. The molecule has 0 saturated carbocycles. The highest BCUT2D eigenvalue weighted by atomic mass is 19.1. The van der Waals surface area contributed by atoms with Crippen LogP contribution in [-0.2, 0) is 11.3 Å². The molecule has 0 spiro atoms. The topological polar surface area (TPSA) is 78.7 Å². The Morgan fingerprint density at radius 1 is 1.32 bits per heavy atom. The molecule has 3 N–H and O–H groups in total. The van der Waals surface area contributed by atoms with Crippen molar-refractivity contribution in [2.75, 3.05) is 26.2 Å². The van der Waals surface area contributed by atoms with Gasteiger partial charge < -0.3 is 20.9 Å². The molecule has 25 heavy (non-hydrogen) atoms. The predicted octanol–water partition coefficient (Wildman–Crippen LogP) is 1.31. The molecule has 2 heterocycles. The quantitative estimate of drug-likeness (QED) is 0.861. The van der Waals surface area contributed by atoms with E-state index in [-0.39, 0.29) is 36.3 Å². The number of urea groups is 1. The number of nitrogens with zero attached hydrogens (tertiary/aromatic N) is 2. The normalized spacial score (nSPS) is 23.4. The van der Waals surface area contributed by atoms with E-state index in [0.717, 1.165) is 12.8 Å². The van der Waals surface area contributed by atoms with Crippen LogP contribution in [0.4, 0.5) is 9.18 Å². The standard InChI is InChI=1S/C18H25FN4O2/c19-15-4-2-1-3-13(15)11-21-18(25)22-9-7-16-14(12-22)5-6-17(24)23(16)10-8-20/h1-4,14,16H,5-12,20H2,(H,21,25)/t14-,16+/m0/s1. The number of benzene rings is 1. The highest BCUT2D eigenvalue weighted by Crippen LogP contribution is 2.31. The number of hydrogen-bond acceptors (Lipinski definition) is 3. The number of carbonyl (C=O) groups is 2. The first-order chi connectivity index (χ1) is 12.1. The minimum absolute atomic E-state index is 0.171. The van der Waals surface area contributed by atoms with Crippen molar-refractivity contribution in [3.63, 3.8) is 0 Å². The second-order valence-electron chi connectivity index (χ2n) is 6.73. The van der Waals surface area contributed by atoms with Gasteiger partial charge in [0.25, 0.3) is 0 Å². The zero-order chi connectivity index (χ0) is 17.8. The SMILES string of the molecule is NCCN1C(=O)CC[C@H]2CN(C(=O)NCc3ccccc3F)CC[C@H]21. The third-order valence-corrected chi connectivity index (χ3v) is 5.19. The third-order valence-electron chi connectivity index (χ3n) is 5.19. The van der Waals surface area contributed by atoms with Crippen LogP contribution in [0.15, 0.2) is 24.3 Å². The van der Waals surface area contributed by atoms with Gasteiger partial charge in [0.2, 0.25) is 5.91 Å². The summed E-state index contributed by atoms with van der Waals surface area (Å²) in [5, 5.41) is 2.80. The van der Waals surface area contributed by atoms with Crippen LogP contribution in [0, 0.1) is 11.7 Å². The Bertz CT molecular complexity index is 639. The summed E-state index contributed by atoms with van der Waals surface area (Å²) in [5.74, 6) is 0.145. The van der Waals surface area contributed by atoms with Gasteiger partial charge >= 0.3 is 6.03 Å². The molecule has 0 aliphatic carbocycles. The molecule has 0 radical (unpaired) electrons. The number of nitrogens with one attached hydrogen (secondary N) is 1. The third kappa shape index (κ3) is 3.92. The van der Waals surface area contributed by atoms with Crippen LogP contribution in [0.3, 0.4) is 0 Å². The second kappa shape index (κ2) is 7.82. The van der Waals surface area contributed by atoms with E-state index in [4.69, 9.17) is 5.73 Å². The van der Waals surface area contributed by atoms with Crippen LogP contribution in [0.1, 0.15) is 24.8 Å². The maximum atomic E-state index is 13.6. The van der Waals surface area contributed by atoms with Crippen LogP contribution in [0.5, 0.6) is 0 Å². The molecule has 1 aromatic rings. The highest BCUT2D eigenvalue weighted by molar-refractivity contribution is 5.78. The molecule has 3 amide bonds. The van der Waals surface area contributed by atoms with Crippen LogP contribution in [0.25, 0.3) is 0 Å². The smallest absolute Gasteiger partial charge is 0.317 e. The Morgan fingerprint density at radius 3 is 2.88 bits per heavy atom. The molecule has 1 aromatic carbocycles. The van der Waals surface area contributed by atoms with Gasteiger partial charge in [-0.2, -0.15) is 0 Å². The Labute approximate surface area is 147 Å². The zero-order valence-corrected chi connectivity index (χ0v) is 14.3. The fraction of sp³-hybridized carbons (Fsp3) is 0.556. The lowest BCUT2D eigenvalue weighted by Gasteiger charge is -2.47. The van der Waals surface area contributed by atoms with Crippen molar-refractivity contribution in [3.05, 3.63) is 35.6 Å². The summed E-state index contributed by atoms with van der Waals surface area (Å²) in [6, 6.07) is 6.44. The van der Waals surface area contributed by atoms with E-state index in [1.807, 2.05) is 4.90 Å². The highest BCUT2D eigenvalue weighted by Gasteiger charge is 2.39. The van der Waals surface area contributed by atoms with E-state index in [1.54, 1.807) is 23.1 Å². The van der Waals surface area contributed by atoms with E-state index >= 15 is 0 Å². The molecule has 6 nitrogen and oxygen atoms in total. The number of hydrogen-bond donors (Lipinski definition) is 2. The molecule has 0 aromatic heterocycles. The number of piperidine rings is 2. The largest absolute Gasteiger partial charge is 0.338 e. The molecule has 7 heteroatoms. The van der Waals surface area contributed by atoms with E-state index in [0.29, 0.717) is 38.2 Å². The molecular weight excluding hydrogens is 323 g/mol. The van der Waals surface area contributed by atoms with Crippen LogP contribution in [-0.4, -0.2) is 54.0 Å². The maximum Gasteiger partial charge on any atom is 0.317 e. The van der Waals surface area contributed by atoms with Crippen molar-refractivity contribution < 1.29 is 14.0 Å². The lowest BCUT2D eigenvalue weighted by molar-refractivity contribution is -0.140. The molecule has 2 atom stereocenters. The van der Waals surface area contributed by atoms with E-state index in [2.05, 4.69) is 5.32 Å². The fourth-order valence-corrected chi connectivity index (χ4v) is 3.89. The first kappa shape index (κ1) is 17.7. The molecule has 2 saturated heterocycles. The van der Waals surface area contributed by atoms with Gasteiger partial charge in [-0.05, 0) is 24.8 Å². The second-order valence-corrected chi connectivity index (χ2v) is 6.73. The Balaban J connectivity index is 1.56. The number of fused-ring (bicyclic) bond motifs is 1. The molecule has 3 rings (SSSR count). The molecule has 2 fully saturated rings. The van der Waals surface area contributed by atoms with Gasteiger partial charge in [0.1, 0.15) is 5.82 Å². The summed E-state index contributed by atoms with van der Waals surface area (Å²) < 4.78 is 13.6. The van der Waals surface area contributed by atoms with Crippen LogP contribution >= 0.6 is 0 Å². The van der Waals surface area contributed by atoms with E-state index in [9.17, 15) is 14.0 Å². The summed E-state index contributed by atoms with van der Waals surface area (Å²) >= 11 is 0. The molecule has 2 aliphatic rings. The summed E-state index contributed by atoms with van der Waals surface area (Å²) in [5.41, 5.74) is 6.10. The van der Waals surface area contributed by atoms with Crippen LogP contribution in [0.2, 0.25) is 0 Å². The Kier molecular flexibility index (Phi) is 5.53. The lowest BCUT2D eigenvalue weighted by atomic mass is 9.83. The van der Waals surface area contributed by atoms with Crippen molar-refractivity contribution >= 4 is 11.9 Å². The van der Waals surface area contributed by atoms with Gasteiger partial charge in [0, 0.05) is 50.7 Å². The number of halogens is 1. The summed E-state index contributed by atoms with van der Waals surface area (Å²) in [6.45, 7) is 2.44. The van der Waals surface area contributed by atoms with E-state index < -0.39 is 0 Å². The monoisotopic (exact) mass is 348 g/mol. The minimum atomic E-state index is -0.315. The van der Waals surface area contributed by atoms with Crippen LogP contribution < -0.4 is 11.1 Å². The van der Waals surface area contributed by atoms with Crippen molar-refractivity contribution in [2.24, 2.45) is 11.7 Å². The average molecular weight is 348 g/mol. The number of carbonyl (C=O) groups excluding carboxylic acids is 2. The number of rotatable bonds is 4. The minimum Gasteiger partial charge on any atom is -0.338 e. The van der Waals surface area contributed by atoms with Gasteiger partial charge in [0.15, 0.2) is 0 Å². The molecular formula is C18H25FN4O2. The van der Waals surface area contributed by atoms with E-state index in [1.165, 1.54) is 6.07 Å². The molecule has 136 valence electrons. The van der Waals surface area contributed by atoms with Gasteiger partial charge in [-0.3, -0.25) is 4.79 Å². The predicted molar refractivity (Wildman–Crippen MR) is 92.1 cm³/mol. The molecule has 2 aliphatic heterocycles. The average Bonchev–Trinajstić information content (AvgIpc) is 2.63. The van der Waals surface area contributed by atoms with Crippen molar-refractivity contribution in [3.8, 4) is 0 Å². The van der Waals surface area contributed by atoms with Crippen molar-refractivity contribution in [2.45, 2.75) is 31.8 Å². The van der Waals surface area contributed by atoms with Gasteiger partial charge in [0.05, 0.1) is 0 Å². The fourth-order valence-electron chi connectivity index (χ4n) is 3.89. The zero-order valence-electron chi connectivity index (χ0n) is 14.3. The van der Waals surface area contributed by atoms with Gasteiger partial charge in [-0.25, -0.2) is 9.18 Å². The van der Waals surface area contributed by atoms with Crippen molar-refractivity contribution in [1.82, 2.24) is 15.1 Å². The summed E-state index contributed by atoms with van der Waals surface area (Å²) in [6.07, 6.45) is 2.09. The van der Waals surface area contributed by atoms with Gasteiger partial charge in [-0.1, -0.05) is 18.2 Å². The lowest BCUT2D eigenvalue weighted by Crippen LogP contribution is -2.58. The number of amides is 3. The van der Waals surface area contributed by atoms with Crippen molar-refractivity contribution in [1.29, 1.82) is 0 Å².